The Morgan fingerprint density at radius 1 is 1.47 bits per heavy atom. The smallest absolute Gasteiger partial charge is 0.330 e. The molecule has 0 unspecified atom stereocenters. The lowest BCUT2D eigenvalue weighted by atomic mass is 10.1. The van der Waals surface area contributed by atoms with Gasteiger partial charge in [-0.1, -0.05) is 0 Å². The summed E-state index contributed by atoms with van der Waals surface area (Å²) in [6.45, 7) is 0. The first-order valence-corrected chi connectivity index (χ1v) is 4.05. The summed E-state index contributed by atoms with van der Waals surface area (Å²) >= 11 is 0. The highest BCUT2D eigenvalue weighted by Crippen LogP contribution is 2.19. The molecule has 1 aromatic rings. The van der Waals surface area contributed by atoms with E-state index >= 15 is 0 Å². The zero-order valence-corrected chi connectivity index (χ0v) is 7.96. The van der Waals surface area contributed by atoms with Gasteiger partial charge >= 0.3 is 5.97 Å². The quantitative estimate of drug-likeness (QED) is 0.462. The van der Waals surface area contributed by atoms with Gasteiger partial charge in [-0.15, -0.1) is 0 Å². The zero-order valence-electron chi connectivity index (χ0n) is 7.96. The summed E-state index contributed by atoms with van der Waals surface area (Å²) < 4.78 is 30.6. The molecule has 0 amide bonds. The monoisotopic (exact) mass is 213 g/mol. The number of nitrogens with two attached hydrogens (primary N) is 1. The molecular weight excluding hydrogens is 204 g/mol. The van der Waals surface area contributed by atoms with Crippen molar-refractivity contribution in [3.63, 3.8) is 0 Å². The number of carbonyl (C=O) groups excluding carboxylic acids is 1. The van der Waals surface area contributed by atoms with Crippen molar-refractivity contribution >= 4 is 17.7 Å². The van der Waals surface area contributed by atoms with E-state index in [0.717, 1.165) is 24.3 Å². The maximum atomic E-state index is 13.2. The molecule has 0 spiro atoms. The molecule has 15 heavy (non-hydrogen) atoms. The van der Waals surface area contributed by atoms with Crippen LogP contribution in [0, 0.1) is 11.6 Å². The summed E-state index contributed by atoms with van der Waals surface area (Å²) in [7, 11) is 1.17. The maximum Gasteiger partial charge on any atom is 0.330 e. The molecule has 0 bridgehead atoms. The van der Waals surface area contributed by atoms with Gasteiger partial charge in [-0.05, 0) is 18.2 Å². The number of rotatable bonds is 2. The molecule has 1 aromatic carbocycles. The topological polar surface area (TPSA) is 52.3 Å². The number of hydrogen-bond acceptors (Lipinski definition) is 3. The number of anilines is 1. The Labute approximate surface area is 85.1 Å². The predicted octanol–water partition coefficient (Wildman–Crippen LogP) is 1.73. The van der Waals surface area contributed by atoms with Gasteiger partial charge in [0.05, 0.1) is 12.8 Å². The van der Waals surface area contributed by atoms with Gasteiger partial charge in [0.25, 0.3) is 0 Å². The highest BCUT2D eigenvalue weighted by atomic mass is 19.1. The van der Waals surface area contributed by atoms with Crippen molar-refractivity contribution in [3.8, 4) is 0 Å². The van der Waals surface area contributed by atoms with Gasteiger partial charge in [0.1, 0.15) is 5.82 Å². The summed E-state index contributed by atoms with van der Waals surface area (Å²) in [5.74, 6) is -2.38. The molecule has 5 heteroatoms. The lowest BCUT2D eigenvalue weighted by molar-refractivity contribution is -0.134. The second kappa shape index (κ2) is 4.54. The Hall–Kier alpha value is -1.91. The van der Waals surface area contributed by atoms with Crippen LogP contribution in [0.1, 0.15) is 5.56 Å². The number of ether oxygens (including phenoxy) is 1. The van der Waals surface area contributed by atoms with E-state index in [2.05, 4.69) is 4.74 Å². The molecule has 0 aliphatic rings. The maximum absolute atomic E-state index is 13.2. The molecule has 3 nitrogen and oxygen atoms in total. The average Bonchev–Trinajstić information content (AvgIpc) is 2.23. The number of hydrogen-bond donors (Lipinski definition) is 1. The van der Waals surface area contributed by atoms with E-state index in [4.69, 9.17) is 5.73 Å². The summed E-state index contributed by atoms with van der Waals surface area (Å²) in [4.78, 5) is 10.7. The first kappa shape index (κ1) is 11.2. The molecule has 0 saturated heterocycles. The van der Waals surface area contributed by atoms with Crippen LogP contribution in [0.15, 0.2) is 18.2 Å². The summed E-state index contributed by atoms with van der Waals surface area (Å²) in [6.07, 6.45) is 1.90. The largest absolute Gasteiger partial charge is 0.466 e. The first-order valence-electron chi connectivity index (χ1n) is 4.05. The molecule has 0 atom stereocenters. The molecule has 0 aromatic heterocycles. The second-order valence-corrected chi connectivity index (χ2v) is 2.72. The van der Waals surface area contributed by atoms with Crippen LogP contribution in [-0.2, 0) is 9.53 Å². The Bertz CT molecular complexity index is 416. The lowest BCUT2D eigenvalue weighted by Crippen LogP contribution is -1.98. The standard InChI is InChI=1S/C10H9F2NO2/c1-15-9(14)5-2-6-7(11)3-4-8(13)10(6)12/h2-5H,13H2,1H3. The predicted molar refractivity (Wildman–Crippen MR) is 51.8 cm³/mol. The van der Waals surface area contributed by atoms with Crippen molar-refractivity contribution in [1.82, 2.24) is 0 Å². The van der Waals surface area contributed by atoms with Crippen molar-refractivity contribution < 1.29 is 18.3 Å². The van der Waals surface area contributed by atoms with E-state index in [-0.39, 0.29) is 11.3 Å². The molecule has 0 radical (unpaired) electrons. The number of benzene rings is 1. The van der Waals surface area contributed by atoms with Gasteiger partial charge in [-0.3, -0.25) is 0 Å². The van der Waals surface area contributed by atoms with Crippen LogP contribution in [0.25, 0.3) is 6.08 Å². The molecule has 0 heterocycles. The molecule has 2 N–H and O–H groups in total. The Kier molecular flexibility index (Phi) is 3.38. The van der Waals surface area contributed by atoms with Crippen molar-refractivity contribution in [3.05, 3.63) is 35.4 Å². The molecular formula is C10H9F2NO2. The van der Waals surface area contributed by atoms with E-state index in [1.165, 1.54) is 7.11 Å². The fraction of sp³-hybridized carbons (Fsp3) is 0.100. The highest BCUT2D eigenvalue weighted by molar-refractivity contribution is 5.87. The van der Waals surface area contributed by atoms with Gasteiger partial charge < -0.3 is 10.5 Å². The minimum Gasteiger partial charge on any atom is -0.466 e. The minimum absolute atomic E-state index is 0.180. The van der Waals surface area contributed by atoms with E-state index in [1.807, 2.05) is 0 Å². The summed E-state index contributed by atoms with van der Waals surface area (Å²) in [5.41, 5.74) is 4.70. The van der Waals surface area contributed by atoms with Crippen LogP contribution in [0.3, 0.4) is 0 Å². The molecule has 0 fully saturated rings. The fourth-order valence-corrected chi connectivity index (χ4v) is 0.958. The lowest BCUT2D eigenvalue weighted by Gasteiger charge is -2.01. The Balaban J connectivity index is 3.09. The van der Waals surface area contributed by atoms with Crippen LogP contribution in [0.5, 0.6) is 0 Å². The van der Waals surface area contributed by atoms with Crippen LogP contribution in [-0.4, -0.2) is 13.1 Å². The van der Waals surface area contributed by atoms with Crippen LogP contribution >= 0.6 is 0 Å². The van der Waals surface area contributed by atoms with Gasteiger partial charge in [-0.2, -0.15) is 0 Å². The third-order valence-corrected chi connectivity index (χ3v) is 1.74. The minimum atomic E-state index is -0.893. The van der Waals surface area contributed by atoms with Gasteiger partial charge in [0.15, 0.2) is 5.82 Å². The second-order valence-electron chi connectivity index (χ2n) is 2.72. The van der Waals surface area contributed by atoms with E-state index in [9.17, 15) is 13.6 Å². The average molecular weight is 213 g/mol. The third kappa shape index (κ3) is 2.52. The normalized spacial score (nSPS) is 10.6. The molecule has 1 rings (SSSR count). The third-order valence-electron chi connectivity index (χ3n) is 1.74. The molecule has 0 saturated carbocycles. The van der Waals surface area contributed by atoms with Crippen molar-refractivity contribution in [1.29, 1.82) is 0 Å². The Morgan fingerprint density at radius 3 is 2.73 bits per heavy atom. The summed E-state index contributed by atoms with van der Waals surface area (Å²) in [6, 6.07) is 2.13. The van der Waals surface area contributed by atoms with E-state index in [0.29, 0.717) is 0 Å². The first-order chi connectivity index (χ1) is 7.06. The van der Waals surface area contributed by atoms with Crippen molar-refractivity contribution in [2.75, 3.05) is 12.8 Å². The summed E-state index contributed by atoms with van der Waals surface area (Å²) in [5, 5.41) is 0. The van der Waals surface area contributed by atoms with E-state index < -0.39 is 17.6 Å². The molecule has 0 aliphatic heterocycles. The molecule has 0 aliphatic carbocycles. The van der Waals surface area contributed by atoms with Crippen molar-refractivity contribution in [2.24, 2.45) is 0 Å². The fourth-order valence-electron chi connectivity index (χ4n) is 0.958. The van der Waals surface area contributed by atoms with Crippen LogP contribution in [0.4, 0.5) is 14.5 Å². The zero-order chi connectivity index (χ0) is 11.4. The number of esters is 1. The van der Waals surface area contributed by atoms with Gasteiger partial charge in [0.2, 0.25) is 0 Å². The van der Waals surface area contributed by atoms with Crippen molar-refractivity contribution in [2.45, 2.75) is 0 Å². The highest BCUT2D eigenvalue weighted by Gasteiger charge is 2.09. The van der Waals surface area contributed by atoms with Crippen LogP contribution in [0.2, 0.25) is 0 Å². The Morgan fingerprint density at radius 2 is 2.13 bits per heavy atom. The van der Waals surface area contributed by atoms with Gasteiger partial charge in [-0.25, -0.2) is 13.6 Å². The van der Waals surface area contributed by atoms with E-state index in [1.54, 1.807) is 0 Å². The van der Waals surface area contributed by atoms with Gasteiger partial charge in [0, 0.05) is 11.6 Å². The number of halogens is 2. The number of carbonyl (C=O) groups is 1. The number of methoxy groups -OCH3 is 1. The van der Waals surface area contributed by atoms with Crippen LogP contribution < -0.4 is 5.73 Å². The SMILES string of the molecule is COC(=O)C=Cc1c(F)ccc(N)c1F. The molecule has 80 valence electrons. The number of nitrogen functional groups attached to an aromatic ring is 1.